The van der Waals surface area contributed by atoms with Gasteiger partial charge in [0.2, 0.25) is 0 Å². The van der Waals surface area contributed by atoms with E-state index in [-0.39, 0.29) is 11.9 Å². The molecule has 0 aliphatic carbocycles. The lowest BCUT2D eigenvalue weighted by atomic mass is 10.0. The molecule has 0 aliphatic rings. The number of rotatable bonds is 7. The Morgan fingerprint density at radius 2 is 1.78 bits per heavy atom. The summed E-state index contributed by atoms with van der Waals surface area (Å²) in [5.41, 5.74) is 1.05. The molecule has 3 heteroatoms. The molecule has 0 aromatic heterocycles. The van der Waals surface area contributed by atoms with Crippen LogP contribution in [0.3, 0.4) is 0 Å². The van der Waals surface area contributed by atoms with Crippen LogP contribution < -0.4 is 10.1 Å². The van der Waals surface area contributed by atoms with Crippen LogP contribution in [0, 0.1) is 5.92 Å². The number of anilines is 1. The molecule has 0 amide bonds. The van der Waals surface area contributed by atoms with Gasteiger partial charge in [0.05, 0.1) is 5.92 Å². The lowest BCUT2D eigenvalue weighted by molar-refractivity contribution is -0.139. The summed E-state index contributed by atoms with van der Waals surface area (Å²) in [6.45, 7) is 7.09. The van der Waals surface area contributed by atoms with Crippen LogP contribution in [-0.2, 0) is 4.79 Å². The van der Waals surface area contributed by atoms with Gasteiger partial charge in [-0.2, -0.15) is 0 Å². The molecule has 1 N–H and O–H groups in total. The maximum Gasteiger partial charge on any atom is 0.314 e. The van der Waals surface area contributed by atoms with E-state index >= 15 is 0 Å². The molecule has 1 aromatic carbocycles. The minimum Gasteiger partial charge on any atom is -0.426 e. The van der Waals surface area contributed by atoms with Crippen LogP contribution in [0.15, 0.2) is 24.3 Å². The van der Waals surface area contributed by atoms with Crippen molar-refractivity contribution in [3.05, 3.63) is 24.3 Å². The van der Waals surface area contributed by atoms with Gasteiger partial charge in [-0.25, -0.2) is 0 Å². The highest BCUT2D eigenvalue weighted by Crippen LogP contribution is 2.18. The molecule has 0 heterocycles. The molecule has 0 unspecified atom stereocenters. The van der Waals surface area contributed by atoms with Crippen LogP contribution >= 0.6 is 0 Å². The van der Waals surface area contributed by atoms with Crippen molar-refractivity contribution in [3.63, 3.8) is 0 Å². The highest BCUT2D eigenvalue weighted by molar-refractivity contribution is 5.75. The zero-order chi connectivity index (χ0) is 13.4. The average molecular weight is 249 g/mol. The molecular weight excluding hydrogens is 226 g/mol. The van der Waals surface area contributed by atoms with Gasteiger partial charge in [-0.1, -0.05) is 20.8 Å². The number of ether oxygens (including phenoxy) is 1. The quantitative estimate of drug-likeness (QED) is 0.589. The van der Waals surface area contributed by atoms with Crippen molar-refractivity contribution in [1.82, 2.24) is 0 Å². The largest absolute Gasteiger partial charge is 0.426 e. The summed E-state index contributed by atoms with van der Waals surface area (Å²) < 4.78 is 5.35. The third-order valence-electron chi connectivity index (χ3n) is 2.97. The van der Waals surface area contributed by atoms with Gasteiger partial charge in [-0.05, 0) is 43.5 Å². The molecular formula is C15H23NO2. The molecule has 0 bridgehead atoms. The number of esters is 1. The van der Waals surface area contributed by atoms with E-state index < -0.39 is 0 Å². The SMILES string of the molecule is CCCNc1ccc(OC(=O)C(CC)CC)cc1. The van der Waals surface area contributed by atoms with Crippen molar-refractivity contribution >= 4 is 11.7 Å². The van der Waals surface area contributed by atoms with E-state index in [1.54, 1.807) is 0 Å². The van der Waals surface area contributed by atoms with Gasteiger partial charge in [0.15, 0.2) is 0 Å². The van der Waals surface area contributed by atoms with Gasteiger partial charge in [0.1, 0.15) is 5.75 Å². The Kier molecular flexibility index (Phi) is 6.26. The van der Waals surface area contributed by atoms with Crippen LogP contribution in [0.1, 0.15) is 40.0 Å². The first kappa shape index (κ1) is 14.6. The Morgan fingerprint density at radius 3 is 2.28 bits per heavy atom. The molecule has 0 saturated heterocycles. The van der Waals surface area contributed by atoms with Crippen LogP contribution in [0.4, 0.5) is 5.69 Å². The zero-order valence-electron chi connectivity index (χ0n) is 11.5. The molecule has 1 rings (SSSR count). The maximum absolute atomic E-state index is 11.8. The van der Waals surface area contributed by atoms with Gasteiger partial charge in [0.25, 0.3) is 0 Å². The van der Waals surface area contributed by atoms with Crippen LogP contribution in [0.2, 0.25) is 0 Å². The Morgan fingerprint density at radius 1 is 1.17 bits per heavy atom. The summed E-state index contributed by atoms with van der Waals surface area (Å²) in [4.78, 5) is 11.8. The molecule has 0 radical (unpaired) electrons. The molecule has 1 aromatic rings. The fraction of sp³-hybridized carbons (Fsp3) is 0.533. The molecule has 100 valence electrons. The second-order valence-corrected chi connectivity index (χ2v) is 4.39. The van der Waals surface area contributed by atoms with Crippen molar-refractivity contribution in [1.29, 1.82) is 0 Å². The van der Waals surface area contributed by atoms with E-state index in [1.807, 2.05) is 38.1 Å². The standard InChI is InChI=1S/C15H23NO2/c1-4-11-16-13-7-9-14(10-8-13)18-15(17)12(5-2)6-3/h7-10,12,16H,4-6,11H2,1-3H3. The van der Waals surface area contributed by atoms with Crippen LogP contribution in [0.5, 0.6) is 5.75 Å². The Labute approximate surface area is 110 Å². The predicted octanol–water partition coefficient (Wildman–Crippen LogP) is 3.85. The summed E-state index contributed by atoms with van der Waals surface area (Å²) in [5, 5.41) is 3.28. The molecule has 0 aliphatic heterocycles. The summed E-state index contributed by atoms with van der Waals surface area (Å²) in [6, 6.07) is 7.53. The topological polar surface area (TPSA) is 38.3 Å². The molecule has 3 nitrogen and oxygen atoms in total. The Balaban J connectivity index is 2.55. The monoisotopic (exact) mass is 249 g/mol. The molecule has 18 heavy (non-hydrogen) atoms. The van der Waals surface area contributed by atoms with Gasteiger partial charge < -0.3 is 10.1 Å². The minimum absolute atomic E-state index is 0.00268. The van der Waals surface area contributed by atoms with E-state index in [0.717, 1.165) is 31.5 Å². The second kappa shape index (κ2) is 7.75. The third-order valence-corrected chi connectivity index (χ3v) is 2.97. The van der Waals surface area contributed by atoms with Gasteiger partial charge in [0, 0.05) is 12.2 Å². The third kappa shape index (κ3) is 4.40. The normalized spacial score (nSPS) is 10.4. The van der Waals surface area contributed by atoms with Crippen molar-refractivity contribution in [2.75, 3.05) is 11.9 Å². The number of carbonyl (C=O) groups excluding carboxylic acids is 1. The maximum atomic E-state index is 11.8. The van der Waals surface area contributed by atoms with Crippen molar-refractivity contribution in [2.24, 2.45) is 5.92 Å². The number of hydrogen-bond donors (Lipinski definition) is 1. The first-order valence-electron chi connectivity index (χ1n) is 6.76. The lowest BCUT2D eigenvalue weighted by Gasteiger charge is -2.12. The van der Waals surface area contributed by atoms with Crippen LogP contribution in [0.25, 0.3) is 0 Å². The molecule has 0 atom stereocenters. The van der Waals surface area contributed by atoms with Gasteiger partial charge >= 0.3 is 5.97 Å². The summed E-state index contributed by atoms with van der Waals surface area (Å²) in [6.07, 6.45) is 2.74. The number of benzene rings is 1. The first-order valence-corrected chi connectivity index (χ1v) is 6.76. The van der Waals surface area contributed by atoms with E-state index in [4.69, 9.17) is 4.74 Å². The second-order valence-electron chi connectivity index (χ2n) is 4.39. The molecule has 0 saturated carbocycles. The van der Waals surface area contributed by atoms with E-state index in [0.29, 0.717) is 5.75 Å². The van der Waals surface area contributed by atoms with Gasteiger partial charge in [-0.3, -0.25) is 4.79 Å². The predicted molar refractivity (Wildman–Crippen MR) is 74.9 cm³/mol. The molecule has 0 fully saturated rings. The Hall–Kier alpha value is -1.51. The number of hydrogen-bond acceptors (Lipinski definition) is 3. The highest BCUT2D eigenvalue weighted by atomic mass is 16.5. The van der Waals surface area contributed by atoms with Crippen molar-refractivity contribution in [3.8, 4) is 5.75 Å². The van der Waals surface area contributed by atoms with E-state index in [1.165, 1.54) is 0 Å². The fourth-order valence-corrected chi connectivity index (χ4v) is 1.73. The minimum atomic E-state index is -0.130. The molecule has 0 spiro atoms. The van der Waals surface area contributed by atoms with E-state index in [2.05, 4.69) is 12.2 Å². The number of carbonyl (C=O) groups is 1. The van der Waals surface area contributed by atoms with Gasteiger partial charge in [-0.15, -0.1) is 0 Å². The van der Waals surface area contributed by atoms with Crippen molar-refractivity contribution < 1.29 is 9.53 Å². The zero-order valence-corrected chi connectivity index (χ0v) is 11.5. The van der Waals surface area contributed by atoms with E-state index in [9.17, 15) is 4.79 Å². The smallest absolute Gasteiger partial charge is 0.314 e. The first-order chi connectivity index (χ1) is 8.71. The number of nitrogens with one attached hydrogen (secondary N) is 1. The summed E-state index contributed by atoms with van der Waals surface area (Å²) in [5.74, 6) is 0.492. The lowest BCUT2D eigenvalue weighted by Crippen LogP contribution is -2.19. The fourth-order valence-electron chi connectivity index (χ4n) is 1.73. The van der Waals surface area contributed by atoms with Crippen molar-refractivity contribution in [2.45, 2.75) is 40.0 Å². The summed E-state index contributed by atoms with van der Waals surface area (Å²) in [7, 11) is 0. The average Bonchev–Trinajstić information content (AvgIpc) is 2.39. The highest BCUT2D eigenvalue weighted by Gasteiger charge is 2.16. The summed E-state index contributed by atoms with van der Waals surface area (Å²) >= 11 is 0. The van der Waals surface area contributed by atoms with Crippen LogP contribution in [-0.4, -0.2) is 12.5 Å². The Bertz CT molecular complexity index is 355.